The number of hydrogen-bond acceptors (Lipinski definition) is 9. The number of fused-ring (bicyclic) bond motifs is 2. The number of thiazole rings is 1. The lowest BCUT2D eigenvalue weighted by atomic mass is 10.0. The quantitative estimate of drug-likeness (QED) is 0.325. The number of hydrogen-bond donors (Lipinski definition) is 1. The van der Waals surface area contributed by atoms with Crippen LogP contribution in [-0.2, 0) is 7.05 Å². The van der Waals surface area contributed by atoms with E-state index in [9.17, 15) is 0 Å². The zero-order valence-corrected chi connectivity index (χ0v) is 21.8. The SMILES string of the molecule is COc1nn(C)cc1-c1cc(O[C@@H]2CCN(C)C[C@H]2F)c2c(Nc3ccc4ncsc4c3F)ncnc2c1. The average Bonchev–Trinajstić information content (AvgIpc) is 3.54. The Hall–Kier alpha value is -3.90. The number of nitrogens with zero attached hydrogens (tertiary/aromatic N) is 6. The first-order valence-electron chi connectivity index (χ1n) is 12.1. The van der Waals surface area contributed by atoms with Gasteiger partial charge in [0.05, 0.1) is 45.0 Å². The molecule has 5 aromatic rings. The van der Waals surface area contributed by atoms with Crippen LogP contribution in [0.15, 0.2) is 42.3 Å². The minimum absolute atomic E-state index is 0.244. The number of halogens is 2. The summed E-state index contributed by atoms with van der Waals surface area (Å²) in [5.41, 5.74) is 4.45. The highest BCUT2D eigenvalue weighted by Crippen LogP contribution is 2.40. The van der Waals surface area contributed by atoms with Crippen LogP contribution in [0.1, 0.15) is 6.42 Å². The fraction of sp³-hybridized carbons (Fsp3) is 0.308. The number of alkyl halides is 1. The Balaban J connectivity index is 1.49. The molecule has 1 fully saturated rings. The van der Waals surface area contributed by atoms with Crippen molar-refractivity contribution < 1.29 is 18.3 Å². The number of rotatable bonds is 6. The second-order valence-electron chi connectivity index (χ2n) is 9.29. The fourth-order valence-electron chi connectivity index (χ4n) is 4.76. The van der Waals surface area contributed by atoms with Gasteiger partial charge in [-0.2, -0.15) is 0 Å². The zero-order chi connectivity index (χ0) is 26.4. The Kier molecular flexibility index (Phi) is 6.28. The van der Waals surface area contributed by atoms with Gasteiger partial charge in [-0.15, -0.1) is 16.4 Å². The van der Waals surface area contributed by atoms with Gasteiger partial charge in [-0.05, 0) is 43.3 Å². The van der Waals surface area contributed by atoms with Crippen LogP contribution in [0, 0.1) is 5.82 Å². The molecule has 1 aliphatic rings. The molecule has 1 aliphatic heterocycles. The van der Waals surface area contributed by atoms with Gasteiger partial charge in [-0.25, -0.2) is 23.7 Å². The van der Waals surface area contributed by atoms with Gasteiger partial charge in [-0.3, -0.25) is 4.68 Å². The van der Waals surface area contributed by atoms with Crippen LogP contribution in [0.5, 0.6) is 11.6 Å². The normalized spacial score (nSPS) is 18.2. The number of anilines is 2. The predicted octanol–water partition coefficient (Wildman–Crippen LogP) is 4.95. The van der Waals surface area contributed by atoms with Crippen LogP contribution in [0.2, 0.25) is 0 Å². The third-order valence-electron chi connectivity index (χ3n) is 6.66. The van der Waals surface area contributed by atoms with Crippen LogP contribution < -0.4 is 14.8 Å². The molecule has 0 aliphatic carbocycles. The van der Waals surface area contributed by atoms with Gasteiger partial charge in [0.1, 0.15) is 30.2 Å². The first kappa shape index (κ1) is 24.4. The van der Waals surface area contributed by atoms with Gasteiger partial charge in [-0.1, -0.05) is 0 Å². The van der Waals surface area contributed by atoms with Gasteiger partial charge < -0.3 is 19.7 Å². The lowest BCUT2D eigenvalue weighted by Gasteiger charge is -2.32. The van der Waals surface area contributed by atoms with Crippen LogP contribution in [0.3, 0.4) is 0 Å². The molecule has 1 saturated heterocycles. The van der Waals surface area contributed by atoms with Gasteiger partial charge in [0.2, 0.25) is 5.88 Å². The predicted molar refractivity (Wildman–Crippen MR) is 143 cm³/mol. The molecule has 0 spiro atoms. The molecule has 196 valence electrons. The Labute approximate surface area is 221 Å². The minimum Gasteiger partial charge on any atom is -0.486 e. The van der Waals surface area contributed by atoms with Crippen molar-refractivity contribution in [3.63, 3.8) is 0 Å². The Morgan fingerprint density at radius 2 is 2.00 bits per heavy atom. The van der Waals surface area contributed by atoms with E-state index in [0.29, 0.717) is 51.5 Å². The van der Waals surface area contributed by atoms with Crippen molar-refractivity contribution in [2.45, 2.75) is 18.7 Å². The highest BCUT2D eigenvalue weighted by molar-refractivity contribution is 7.16. The first-order chi connectivity index (χ1) is 18.4. The summed E-state index contributed by atoms with van der Waals surface area (Å²) in [5.74, 6) is 0.756. The molecule has 12 heteroatoms. The summed E-state index contributed by atoms with van der Waals surface area (Å²) < 4.78 is 44.2. The van der Waals surface area contributed by atoms with E-state index in [4.69, 9.17) is 9.47 Å². The lowest BCUT2D eigenvalue weighted by Crippen LogP contribution is -2.45. The molecular formula is C26H25F2N7O2S. The summed E-state index contributed by atoms with van der Waals surface area (Å²) in [6.45, 7) is 0.987. The minimum atomic E-state index is -1.17. The highest BCUT2D eigenvalue weighted by Gasteiger charge is 2.30. The van der Waals surface area contributed by atoms with Crippen molar-refractivity contribution in [1.29, 1.82) is 0 Å². The van der Waals surface area contributed by atoms with E-state index in [1.165, 1.54) is 17.7 Å². The third-order valence-corrected chi connectivity index (χ3v) is 7.49. The first-order valence-corrected chi connectivity index (χ1v) is 12.9. The Morgan fingerprint density at radius 1 is 1.13 bits per heavy atom. The van der Waals surface area contributed by atoms with Crippen molar-refractivity contribution in [2.75, 3.05) is 32.6 Å². The maximum atomic E-state index is 15.3. The van der Waals surface area contributed by atoms with E-state index < -0.39 is 18.1 Å². The second-order valence-corrected chi connectivity index (χ2v) is 10.1. The van der Waals surface area contributed by atoms with E-state index in [1.54, 1.807) is 36.5 Å². The van der Waals surface area contributed by atoms with Crippen molar-refractivity contribution in [3.05, 3.63) is 48.1 Å². The molecule has 0 amide bonds. The van der Waals surface area contributed by atoms with Gasteiger partial charge in [0.25, 0.3) is 0 Å². The van der Waals surface area contributed by atoms with Crippen molar-refractivity contribution >= 4 is 44.0 Å². The monoisotopic (exact) mass is 537 g/mol. The third kappa shape index (κ3) is 4.39. The summed E-state index contributed by atoms with van der Waals surface area (Å²) in [6, 6.07) is 7.04. The fourth-order valence-corrected chi connectivity index (χ4v) is 5.49. The Bertz CT molecular complexity index is 1640. The molecule has 2 atom stereocenters. The molecule has 2 aromatic carbocycles. The van der Waals surface area contributed by atoms with Gasteiger partial charge in [0, 0.05) is 26.3 Å². The number of likely N-dealkylation sites (tertiary alicyclic amines) is 1. The molecule has 3 aromatic heterocycles. The van der Waals surface area contributed by atoms with Crippen LogP contribution in [0.4, 0.5) is 20.3 Å². The molecule has 0 radical (unpaired) electrons. The van der Waals surface area contributed by atoms with Crippen LogP contribution >= 0.6 is 11.3 Å². The van der Waals surface area contributed by atoms with Crippen LogP contribution in [0.25, 0.3) is 32.2 Å². The van der Waals surface area contributed by atoms with Crippen LogP contribution in [-0.4, -0.2) is 69.2 Å². The highest BCUT2D eigenvalue weighted by atomic mass is 32.1. The summed E-state index contributed by atoms with van der Waals surface area (Å²) in [4.78, 5) is 15.0. The Morgan fingerprint density at radius 3 is 2.82 bits per heavy atom. The average molecular weight is 538 g/mol. The number of methoxy groups -OCH3 is 1. The van der Waals surface area contributed by atoms with E-state index in [2.05, 4.69) is 25.4 Å². The molecule has 1 N–H and O–H groups in total. The summed E-state index contributed by atoms with van der Waals surface area (Å²) in [7, 11) is 5.24. The molecular weight excluding hydrogens is 512 g/mol. The van der Waals surface area contributed by atoms with Gasteiger partial charge in [0.15, 0.2) is 5.82 Å². The van der Waals surface area contributed by atoms with E-state index in [-0.39, 0.29) is 12.2 Å². The summed E-state index contributed by atoms with van der Waals surface area (Å²) in [6.07, 6.45) is 1.92. The molecule has 6 rings (SSSR count). The van der Waals surface area contributed by atoms with Crippen molar-refractivity contribution in [3.8, 4) is 22.8 Å². The second kappa shape index (κ2) is 9.76. The number of aromatic nitrogens is 5. The van der Waals surface area contributed by atoms with Crippen molar-refractivity contribution in [1.82, 2.24) is 29.6 Å². The molecule has 0 saturated carbocycles. The number of aryl methyl sites for hydroxylation is 1. The lowest BCUT2D eigenvalue weighted by molar-refractivity contribution is 0.0323. The standard InChI is InChI=1S/C26H25F2N7O2S/c1-34-7-6-20(16(27)11-34)37-21-9-14(15-10-35(2)33-26(15)36-3)8-19-22(21)25(30-12-29-19)32-17-4-5-18-24(23(17)28)38-13-31-18/h4-5,8-10,12-13,16,20H,6-7,11H2,1-3H3,(H,29,30,32)/t16-,20-/m1/s1. The van der Waals surface area contributed by atoms with Crippen molar-refractivity contribution in [2.24, 2.45) is 7.05 Å². The number of nitrogens with one attached hydrogen (secondary N) is 1. The largest absolute Gasteiger partial charge is 0.486 e. The topological polar surface area (TPSA) is 90.2 Å². The number of ether oxygens (including phenoxy) is 2. The molecule has 9 nitrogen and oxygen atoms in total. The number of benzene rings is 2. The summed E-state index contributed by atoms with van der Waals surface area (Å²) >= 11 is 1.23. The maximum Gasteiger partial charge on any atom is 0.240 e. The molecule has 0 unspecified atom stereocenters. The van der Waals surface area contributed by atoms with E-state index >= 15 is 8.78 Å². The molecule has 38 heavy (non-hydrogen) atoms. The summed E-state index contributed by atoms with van der Waals surface area (Å²) in [5, 5.41) is 7.98. The zero-order valence-electron chi connectivity index (χ0n) is 21.0. The van der Waals surface area contributed by atoms with E-state index in [1.807, 2.05) is 30.3 Å². The van der Waals surface area contributed by atoms with Gasteiger partial charge >= 0.3 is 0 Å². The van der Waals surface area contributed by atoms with E-state index in [0.717, 1.165) is 11.1 Å². The molecule has 4 heterocycles. The maximum absolute atomic E-state index is 15.3. The smallest absolute Gasteiger partial charge is 0.240 e. The number of piperidine rings is 1. The molecule has 0 bridgehead atoms.